The molecule has 0 aromatic rings. The molecule has 1 unspecified atom stereocenters. The van der Waals surface area contributed by atoms with E-state index in [0.29, 0.717) is 5.12 Å². The Balaban J connectivity index is 2.24. The van der Waals surface area contributed by atoms with E-state index in [1.165, 1.54) is 17.3 Å². The SMILES string of the molecule is CC(C)=CCCC1(C)CC(=O)S1. The fraction of sp³-hybridized carbons (Fsp3) is 0.700. The third kappa shape index (κ3) is 2.67. The molecule has 2 heteroatoms. The molecule has 0 aliphatic carbocycles. The Hall–Kier alpha value is -0.240. The highest BCUT2D eigenvalue weighted by Crippen LogP contribution is 2.45. The second kappa shape index (κ2) is 3.65. The standard InChI is InChI=1S/C10H16OS/c1-8(2)5-4-6-10(3)7-9(11)12-10/h5H,4,6-7H2,1-3H3. The molecule has 1 rings (SSSR count). The molecule has 12 heavy (non-hydrogen) atoms. The van der Waals surface area contributed by atoms with Gasteiger partial charge in [0, 0.05) is 11.2 Å². The Morgan fingerprint density at radius 3 is 2.67 bits per heavy atom. The van der Waals surface area contributed by atoms with E-state index in [2.05, 4.69) is 26.8 Å². The van der Waals surface area contributed by atoms with E-state index in [0.717, 1.165) is 19.3 Å². The monoisotopic (exact) mass is 184 g/mol. The molecule has 0 N–H and O–H groups in total. The molecule has 0 aromatic heterocycles. The van der Waals surface area contributed by atoms with Gasteiger partial charge in [-0.05, 0) is 33.6 Å². The number of rotatable bonds is 3. The van der Waals surface area contributed by atoms with Crippen molar-refractivity contribution in [2.45, 2.75) is 44.8 Å². The molecule has 0 bridgehead atoms. The van der Waals surface area contributed by atoms with Gasteiger partial charge in [-0.25, -0.2) is 0 Å². The molecule has 1 nitrogen and oxygen atoms in total. The van der Waals surface area contributed by atoms with Crippen LogP contribution in [0.3, 0.4) is 0 Å². The van der Waals surface area contributed by atoms with E-state index < -0.39 is 0 Å². The molecule has 0 spiro atoms. The minimum atomic E-state index is 0.253. The maximum Gasteiger partial charge on any atom is 0.190 e. The Kier molecular flexibility index (Phi) is 2.99. The van der Waals surface area contributed by atoms with Gasteiger partial charge in [0.2, 0.25) is 0 Å². The van der Waals surface area contributed by atoms with Crippen LogP contribution >= 0.6 is 11.8 Å². The number of hydrogen-bond acceptors (Lipinski definition) is 2. The summed E-state index contributed by atoms with van der Waals surface area (Å²) >= 11 is 1.51. The van der Waals surface area contributed by atoms with Crippen molar-refractivity contribution >= 4 is 16.9 Å². The van der Waals surface area contributed by atoms with Crippen molar-refractivity contribution in [3.05, 3.63) is 11.6 Å². The first-order chi connectivity index (χ1) is 5.52. The quantitative estimate of drug-likeness (QED) is 0.627. The van der Waals surface area contributed by atoms with Crippen molar-refractivity contribution in [2.24, 2.45) is 0 Å². The molecule has 1 heterocycles. The van der Waals surface area contributed by atoms with E-state index in [1.54, 1.807) is 0 Å². The van der Waals surface area contributed by atoms with Gasteiger partial charge in [0.05, 0.1) is 0 Å². The molecule has 0 saturated carbocycles. The summed E-state index contributed by atoms with van der Waals surface area (Å²) in [7, 11) is 0. The molecule has 1 fully saturated rings. The van der Waals surface area contributed by atoms with E-state index in [4.69, 9.17) is 0 Å². The second-order valence-corrected chi connectivity index (χ2v) is 5.57. The molecular formula is C10H16OS. The third-order valence-electron chi connectivity index (χ3n) is 2.10. The van der Waals surface area contributed by atoms with Crippen LogP contribution in [0, 0.1) is 0 Å². The highest BCUT2D eigenvalue weighted by atomic mass is 32.2. The van der Waals surface area contributed by atoms with Crippen LogP contribution in [0.5, 0.6) is 0 Å². The Morgan fingerprint density at radius 1 is 1.67 bits per heavy atom. The van der Waals surface area contributed by atoms with Gasteiger partial charge in [-0.15, -0.1) is 0 Å². The Bertz CT molecular complexity index is 206. The van der Waals surface area contributed by atoms with Crippen LogP contribution in [0.1, 0.15) is 40.0 Å². The molecule has 0 amide bonds. The summed E-state index contributed by atoms with van der Waals surface area (Å²) in [4.78, 5) is 10.8. The number of hydrogen-bond donors (Lipinski definition) is 0. The van der Waals surface area contributed by atoms with Gasteiger partial charge in [-0.1, -0.05) is 23.4 Å². The van der Waals surface area contributed by atoms with Crippen LogP contribution < -0.4 is 0 Å². The van der Waals surface area contributed by atoms with Gasteiger partial charge in [0.1, 0.15) is 0 Å². The normalized spacial score (nSPS) is 28.1. The topological polar surface area (TPSA) is 17.1 Å². The van der Waals surface area contributed by atoms with Crippen molar-refractivity contribution in [1.29, 1.82) is 0 Å². The lowest BCUT2D eigenvalue weighted by molar-refractivity contribution is -0.113. The van der Waals surface area contributed by atoms with E-state index in [-0.39, 0.29) is 4.75 Å². The van der Waals surface area contributed by atoms with Crippen LogP contribution in [-0.4, -0.2) is 9.86 Å². The van der Waals surface area contributed by atoms with Crippen LogP contribution in [0.4, 0.5) is 0 Å². The van der Waals surface area contributed by atoms with Crippen molar-refractivity contribution in [3.8, 4) is 0 Å². The highest BCUT2D eigenvalue weighted by Gasteiger charge is 2.39. The fourth-order valence-electron chi connectivity index (χ4n) is 1.38. The fourth-order valence-corrected chi connectivity index (χ4v) is 2.49. The Morgan fingerprint density at radius 2 is 2.25 bits per heavy atom. The van der Waals surface area contributed by atoms with Crippen LogP contribution in [0.15, 0.2) is 11.6 Å². The third-order valence-corrected chi connectivity index (χ3v) is 3.32. The van der Waals surface area contributed by atoms with Gasteiger partial charge >= 0.3 is 0 Å². The molecular weight excluding hydrogens is 168 g/mol. The lowest BCUT2D eigenvalue weighted by Gasteiger charge is -2.35. The predicted molar refractivity (Wildman–Crippen MR) is 54.3 cm³/mol. The number of thioether (sulfide) groups is 1. The van der Waals surface area contributed by atoms with Gasteiger partial charge in [0.15, 0.2) is 5.12 Å². The van der Waals surface area contributed by atoms with Gasteiger partial charge < -0.3 is 0 Å². The summed E-state index contributed by atoms with van der Waals surface area (Å²) in [5.74, 6) is 0. The summed E-state index contributed by atoms with van der Waals surface area (Å²) < 4.78 is 0.253. The molecule has 68 valence electrons. The van der Waals surface area contributed by atoms with E-state index >= 15 is 0 Å². The predicted octanol–water partition coefficient (Wildman–Crippen LogP) is 3.16. The van der Waals surface area contributed by atoms with Crippen molar-refractivity contribution in [1.82, 2.24) is 0 Å². The van der Waals surface area contributed by atoms with Crippen LogP contribution in [-0.2, 0) is 4.79 Å². The molecule has 0 radical (unpaired) electrons. The molecule has 0 aromatic carbocycles. The summed E-state index contributed by atoms with van der Waals surface area (Å²) in [6, 6.07) is 0. The number of allylic oxidation sites excluding steroid dienone is 2. The Labute approximate surface area is 78.6 Å². The molecule has 1 aliphatic rings. The van der Waals surface area contributed by atoms with Gasteiger partial charge in [-0.2, -0.15) is 0 Å². The first-order valence-electron chi connectivity index (χ1n) is 4.37. The zero-order valence-corrected chi connectivity index (χ0v) is 8.83. The smallest absolute Gasteiger partial charge is 0.190 e. The zero-order chi connectivity index (χ0) is 9.19. The lowest BCUT2D eigenvalue weighted by Crippen LogP contribution is -2.34. The van der Waals surface area contributed by atoms with Crippen LogP contribution in [0.25, 0.3) is 0 Å². The summed E-state index contributed by atoms with van der Waals surface area (Å²) in [6.45, 7) is 6.40. The maximum absolute atomic E-state index is 10.8. The highest BCUT2D eigenvalue weighted by molar-refractivity contribution is 8.16. The van der Waals surface area contributed by atoms with Crippen molar-refractivity contribution < 1.29 is 4.79 Å². The van der Waals surface area contributed by atoms with E-state index in [1.807, 2.05) is 0 Å². The molecule has 1 aliphatic heterocycles. The first-order valence-corrected chi connectivity index (χ1v) is 5.19. The average Bonchev–Trinajstić information content (AvgIpc) is 1.83. The number of carbonyl (C=O) groups is 1. The minimum absolute atomic E-state index is 0.253. The largest absolute Gasteiger partial charge is 0.287 e. The summed E-state index contributed by atoms with van der Waals surface area (Å²) in [5, 5.41) is 0.356. The number of carbonyl (C=O) groups excluding carboxylic acids is 1. The van der Waals surface area contributed by atoms with Gasteiger partial charge in [0.25, 0.3) is 0 Å². The summed E-state index contributed by atoms with van der Waals surface area (Å²) in [6.07, 6.45) is 5.26. The second-order valence-electron chi connectivity index (χ2n) is 3.92. The first kappa shape index (κ1) is 9.85. The molecule has 1 atom stereocenters. The lowest BCUT2D eigenvalue weighted by atomic mass is 9.99. The zero-order valence-electron chi connectivity index (χ0n) is 8.02. The maximum atomic E-state index is 10.8. The molecule has 1 saturated heterocycles. The van der Waals surface area contributed by atoms with Crippen LogP contribution in [0.2, 0.25) is 0 Å². The average molecular weight is 184 g/mol. The van der Waals surface area contributed by atoms with Gasteiger partial charge in [-0.3, -0.25) is 4.79 Å². The minimum Gasteiger partial charge on any atom is -0.287 e. The van der Waals surface area contributed by atoms with Crippen molar-refractivity contribution in [2.75, 3.05) is 0 Å². The summed E-state index contributed by atoms with van der Waals surface area (Å²) in [5.41, 5.74) is 1.37. The van der Waals surface area contributed by atoms with Crippen molar-refractivity contribution in [3.63, 3.8) is 0 Å². The van der Waals surface area contributed by atoms with E-state index in [9.17, 15) is 4.79 Å².